The minimum absolute atomic E-state index is 0.0472. The number of hydrogen-bond donors (Lipinski definition) is 3. The molecule has 270 valence electrons. The van der Waals surface area contributed by atoms with Gasteiger partial charge >= 0.3 is 11.9 Å². The van der Waals surface area contributed by atoms with E-state index in [9.17, 15) is 29.7 Å². The van der Waals surface area contributed by atoms with Gasteiger partial charge in [0, 0.05) is 46.3 Å². The molecule has 6 aromatic rings. The monoisotopic (exact) mass is 765 g/mol. The number of phenolic OH excluding ortho intramolecular Hbond substituents is 1. The Hall–Kier alpha value is -6.48. The van der Waals surface area contributed by atoms with Gasteiger partial charge in [-0.1, -0.05) is 102 Å². The molecule has 5 aromatic carbocycles. The fraction of sp³-hybridized carbons (Fsp3) is 0.0667. The fourth-order valence-corrected chi connectivity index (χ4v) is 8.14. The summed E-state index contributed by atoms with van der Waals surface area (Å²) in [4.78, 5) is 44.3. The summed E-state index contributed by atoms with van der Waals surface area (Å²) in [6, 6.07) is 28.3. The molecule has 3 N–H and O–H groups in total. The lowest BCUT2D eigenvalue weighted by Crippen LogP contribution is -2.13. The number of benzene rings is 6. The molecule has 2 aliphatic rings. The Kier molecular flexibility index (Phi) is 8.88. The smallest absolute Gasteiger partial charge is 0.337 e. The van der Waals surface area contributed by atoms with Crippen LogP contribution in [-0.4, -0.2) is 32.2 Å². The van der Waals surface area contributed by atoms with Crippen molar-refractivity contribution in [3.05, 3.63) is 163 Å². The molecule has 1 aromatic heterocycles. The SMILES string of the molecule is Cc1ccccc1-c1c2oc3c(-c4ccccc4C)c(O)c(-c4cccnc4)cc3c(Cc3c(Cl)c(C(=O)O)cc(Cl)c3C(=O)O)c-2c2ccccc2c1=O. The van der Waals surface area contributed by atoms with Crippen LogP contribution in [0, 0.1) is 13.8 Å². The van der Waals surface area contributed by atoms with Crippen LogP contribution in [-0.2, 0) is 6.42 Å². The lowest BCUT2D eigenvalue weighted by Gasteiger charge is -2.24. The summed E-state index contributed by atoms with van der Waals surface area (Å²) < 4.78 is 7.01. The highest BCUT2D eigenvalue weighted by molar-refractivity contribution is 6.38. The van der Waals surface area contributed by atoms with E-state index in [2.05, 4.69) is 4.98 Å². The third-order valence-electron chi connectivity index (χ3n) is 10.1. The molecule has 10 heteroatoms. The predicted molar refractivity (Wildman–Crippen MR) is 215 cm³/mol. The van der Waals surface area contributed by atoms with Crippen LogP contribution in [0.15, 0.2) is 119 Å². The maximum absolute atomic E-state index is 14.7. The van der Waals surface area contributed by atoms with E-state index >= 15 is 0 Å². The predicted octanol–water partition coefficient (Wildman–Crippen LogP) is 11.1. The maximum atomic E-state index is 14.7. The first-order valence-electron chi connectivity index (χ1n) is 17.2. The first kappa shape index (κ1) is 35.5. The van der Waals surface area contributed by atoms with E-state index in [1.807, 2.05) is 62.4 Å². The third kappa shape index (κ3) is 5.78. The molecule has 0 saturated heterocycles. The van der Waals surface area contributed by atoms with Crippen LogP contribution in [0.1, 0.15) is 43.0 Å². The third-order valence-corrected chi connectivity index (χ3v) is 10.8. The van der Waals surface area contributed by atoms with Crippen LogP contribution in [0.4, 0.5) is 0 Å². The Labute approximate surface area is 323 Å². The first-order chi connectivity index (χ1) is 26.5. The number of carboxylic acids is 2. The summed E-state index contributed by atoms with van der Waals surface area (Å²) in [5.41, 5.74) is 4.54. The summed E-state index contributed by atoms with van der Waals surface area (Å²) in [7, 11) is 0. The summed E-state index contributed by atoms with van der Waals surface area (Å²) in [5, 5.41) is 33.7. The van der Waals surface area contributed by atoms with E-state index in [0.717, 1.165) is 17.2 Å². The second-order valence-electron chi connectivity index (χ2n) is 13.3. The van der Waals surface area contributed by atoms with E-state index < -0.39 is 11.9 Å². The van der Waals surface area contributed by atoms with Crippen LogP contribution in [0.2, 0.25) is 10.0 Å². The Bertz CT molecular complexity index is 2940. The number of carbonyl (C=O) groups is 2. The highest BCUT2D eigenvalue weighted by Crippen LogP contribution is 2.51. The second-order valence-corrected chi connectivity index (χ2v) is 14.1. The zero-order valence-electron chi connectivity index (χ0n) is 29.3. The van der Waals surface area contributed by atoms with Crippen LogP contribution in [0.25, 0.3) is 66.4 Å². The van der Waals surface area contributed by atoms with Crippen molar-refractivity contribution in [1.82, 2.24) is 4.98 Å². The van der Waals surface area contributed by atoms with E-state index in [0.29, 0.717) is 55.1 Å². The van der Waals surface area contributed by atoms with Crippen molar-refractivity contribution in [3.8, 4) is 50.5 Å². The zero-order valence-corrected chi connectivity index (χ0v) is 30.8. The van der Waals surface area contributed by atoms with Gasteiger partial charge in [-0.25, -0.2) is 9.59 Å². The number of rotatable bonds is 7. The lowest BCUT2D eigenvalue weighted by molar-refractivity contribution is 0.0680. The number of hydrogen-bond acceptors (Lipinski definition) is 6. The van der Waals surface area contributed by atoms with Gasteiger partial charge in [0.15, 0.2) is 5.43 Å². The normalized spacial score (nSPS) is 11.4. The number of halogens is 2. The number of nitrogens with zero attached hydrogens (tertiary/aromatic N) is 1. The average molecular weight is 767 g/mol. The van der Waals surface area contributed by atoms with Gasteiger partial charge in [-0.15, -0.1) is 0 Å². The molecule has 0 amide bonds. The highest BCUT2D eigenvalue weighted by atomic mass is 35.5. The van der Waals surface area contributed by atoms with Crippen molar-refractivity contribution in [2.24, 2.45) is 0 Å². The topological polar surface area (TPSA) is 138 Å². The number of aromatic carboxylic acids is 2. The Morgan fingerprint density at radius 3 is 1.96 bits per heavy atom. The van der Waals surface area contributed by atoms with Crippen molar-refractivity contribution in [2.75, 3.05) is 0 Å². The molecular weight excluding hydrogens is 737 g/mol. The van der Waals surface area contributed by atoms with Gasteiger partial charge < -0.3 is 19.7 Å². The van der Waals surface area contributed by atoms with Crippen LogP contribution in [0.3, 0.4) is 0 Å². The quantitative estimate of drug-likeness (QED) is 0.108. The molecule has 0 spiro atoms. The highest BCUT2D eigenvalue weighted by Gasteiger charge is 2.32. The van der Waals surface area contributed by atoms with Crippen molar-refractivity contribution < 1.29 is 29.3 Å². The number of aromatic nitrogens is 1. The van der Waals surface area contributed by atoms with E-state index in [1.165, 1.54) is 0 Å². The van der Waals surface area contributed by atoms with Crippen molar-refractivity contribution in [2.45, 2.75) is 20.3 Å². The van der Waals surface area contributed by atoms with Crippen LogP contribution in [0.5, 0.6) is 5.75 Å². The molecule has 0 bridgehead atoms. The Morgan fingerprint density at radius 1 is 0.709 bits per heavy atom. The molecule has 8 rings (SSSR count). The van der Waals surface area contributed by atoms with E-state index in [4.69, 9.17) is 27.6 Å². The van der Waals surface area contributed by atoms with Gasteiger partial charge in [0.05, 0.1) is 32.3 Å². The summed E-state index contributed by atoms with van der Waals surface area (Å²) in [5.74, 6) is -2.71. The summed E-state index contributed by atoms with van der Waals surface area (Å²) >= 11 is 13.4. The van der Waals surface area contributed by atoms with Gasteiger partial charge in [-0.05, 0) is 70.8 Å². The van der Waals surface area contributed by atoms with Crippen molar-refractivity contribution in [1.29, 1.82) is 0 Å². The van der Waals surface area contributed by atoms with Crippen LogP contribution >= 0.6 is 23.2 Å². The minimum Gasteiger partial charge on any atom is -0.507 e. The molecule has 0 saturated carbocycles. The van der Waals surface area contributed by atoms with Gasteiger partial charge in [0.25, 0.3) is 0 Å². The number of pyridine rings is 1. The fourth-order valence-electron chi connectivity index (χ4n) is 7.54. The average Bonchev–Trinajstić information content (AvgIpc) is 3.17. The van der Waals surface area contributed by atoms with Crippen molar-refractivity contribution >= 4 is 56.9 Å². The van der Waals surface area contributed by atoms with E-state index in [1.54, 1.807) is 54.9 Å². The number of carboxylic acid groups (broad SMARTS) is 2. The molecule has 55 heavy (non-hydrogen) atoms. The number of aryl methyl sites for hydroxylation is 2. The molecule has 8 nitrogen and oxygen atoms in total. The molecule has 0 unspecified atom stereocenters. The molecule has 1 aliphatic heterocycles. The van der Waals surface area contributed by atoms with Gasteiger partial charge in [0.1, 0.15) is 17.1 Å². The molecular formula is C45H29Cl2NO7. The molecule has 2 heterocycles. The number of aromatic hydroxyl groups is 1. The molecule has 0 fully saturated rings. The van der Waals surface area contributed by atoms with Gasteiger partial charge in [-0.2, -0.15) is 0 Å². The van der Waals surface area contributed by atoms with Gasteiger partial charge in [0.2, 0.25) is 0 Å². The Morgan fingerprint density at radius 2 is 1.35 bits per heavy atom. The number of fused-ring (bicyclic) bond motifs is 4. The standard InChI is InChI=1S/C45H29Cl2NO7/c1-22-10-3-5-13-25(22)37-41(50)29(24-12-9-17-48-21-24)18-31-30(19-32-36(45(53)54)34(46)20-33(39(32)47)44(51)52)35-27-15-7-8-16-28(27)40(49)38(43(35)55-42(31)37)26-14-6-4-11-23(26)2/h3-18,20-21,50H,19H2,1-2H3,(H,51,52)(H,53,54). The second kappa shape index (κ2) is 13.7. The number of phenols is 1. The summed E-state index contributed by atoms with van der Waals surface area (Å²) in [6.45, 7) is 3.79. The molecule has 0 atom stereocenters. The van der Waals surface area contributed by atoms with Crippen molar-refractivity contribution in [3.63, 3.8) is 0 Å². The largest absolute Gasteiger partial charge is 0.507 e. The maximum Gasteiger partial charge on any atom is 0.337 e. The Balaban J connectivity index is 1.67. The zero-order chi connectivity index (χ0) is 38.7. The van der Waals surface area contributed by atoms with Crippen LogP contribution < -0.4 is 5.43 Å². The minimum atomic E-state index is -1.41. The molecule has 1 aliphatic carbocycles. The first-order valence-corrected chi connectivity index (χ1v) is 17.9. The van der Waals surface area contributed by atoms with Gasteiger partial charge in [-0.3, -0.25) is 9.78 Å². The lowest BCUT2D eigenvalue weighted by atomic mass is 9.83. The summed E-state index contributed by atoms with van der Waals surface area (Å²) in [6.07, 6.45) is 2.97. The molecule has 0 radical (unpaired) electrons. The van der Waals surface area contributed by atoms with E-state index in [-0.39, 0.29) is 61.2 Å².